The van der Waals surface area contributed by atoms with Gasteiger partial charge >= 0.3 is 0 Å². The number of hydrogen-bond acceptors (Lipinski definition) is 2. The molecule has 0 amide bonds. The lowest BCUT2D eigenvalue weighted by atomic mass is 10.1. The number of rotatable bonds is 5. The fourth-order valence-electron chi connectivity index (χ4n) is 2.06. The third kappa shape index (κ3) is 4.27. The van der Waals surface area contributed by atoms with Gasteiger partial charge < -0.3 is 10.1 Å². The van der Waals surface area contributed by atoms with Crippen molar-refractivity contribution >= 4 is 21.6 Å². The Balaban J connectivity index is 2.17. The van der Waals surface area contributed by atoms with Gasteiger partial charge in [0.05, 0.1) is 0 Å². The number of nitrogens with one attached hydrogen (secondary N) is 1. The normalized spacial score (nSPS) is 10.0. The highest BCUT2D eigenvalue weighted by atomic mass is 79.9. The first-order valence-electron chi connectivity index (χ1n) is 6.76. The van der Waals surface area contributed by atoms with Crippen molar-refractivity contribution in [3.05, 3.63) is 57.6 Å². The van der Waals surface area contributed by atoms with Gasteiger partial charge in [-0.3, -0.25) is 0 Å². The van der Waals surface area contributed by atoms with Crippen molar-refractivity contribution in [2.45, 2.75) is 20.4 Å². The first-order valence-corrected chi connectivity index (χ1v) is 7.55. The molecule has 0 spiro atoms. The smallest absolute Gasteiger partial charge is 0.148 e. The fourth-order valence-corrected chi connectivity index (χ4v) is 2.47. The number of hydrogen-bond donors (Lipinski definition) is 1. The Labute approximate surface area is 134 Å². The maximum Gasteiger partial charge on any atom is 0.148 e. The number of anilines is 1. The van der Waals surface area contributed by atoms with Gasteiger partial charge in [0.25, 0.3) is 0 Å². The molecule has 2 aromatic rings. The van der Waals surface area contributed by atoms with Gasteiger partial charge in [-0.2, -0.15) is 0 Å². The zero-order valence-electron chi connectivity index (χ0n) is 12.2. The highest BCUT2D eigenvalue weighted by Crippen LogP contribution is 2.25. The van der Waals surface area contributed by atoms with Gasteiger partial charge in [-0.15, -0.1) is 6.42 Å². The zero-order chi connectivity index (χ0) is 15.2. The molecule has 108 valence electrons. The number of halogens is 1. The predicted molar refractivity (Wildman–Crippen MR) is 91.7 cm³/mol. The Kier molecular flexibility index (Phi) is 5.30. The number of benzene rings is 2. The number of ether oxygens (including phenoxy) is 1. The Morgan fingerprint density at radius 3 is 2.76 bits per heavy atom. The van der Waals surface area contributed by atoms with E-state index in [1.807, 2.05) is 18.2 Å². The summed E-state index contributed by atoms with van der Waals surface area (Å²) < 4.78 is 6.61. The van der Waals surface area contributed by atoms with Crippen molar-refractivity contribution < 1.29 is 4.74 Å². The van der Waals surface area contributed by atoms with Crippen LogP contribution in [0.25, 0.3) is 0 Å². The van der Waals surface area contributed by atoms with Crippen LogP contribution in [0.4, 0.5) is 5.69 Å². The van der Waals surface area contributed by atoms with Crippen molar-refractivity contribution in [1.29, 1.82) is 0 Å². The van der Waals surface area contributed by atoms with E-state index in [4.69, 9.17) is 11.2 Å². The third-order valence-electron chi connectivity index (χ3n) is 3.20. The maximum atomic E-state index is 5.59. The van der Waals surface area contributed by atoms with Crippen molar-refractivity contribution in [1.82, 2.24) is 0 Å². The highest BCUT2D eigenvalue weighted by Gasteiger charge is 2.06. The molecule has 2 rings (SSSR count). The van der Waals surface area contributed by atoms with Crippen LogP contribution in [0.1, 0.15) is 16.7 Å². The molecule has 2 nitrogen and oxygen atoms in total. The average Bonchev–Trinajstić information content (AvgIpc) is 2.47. The van der Waals surface area contributed by atoms with E-state index >= 15 is 0 Å². The standard InChI is InChI=1S/C18H18BrNO/c1-4-9-21-18-8-7-16(19)11-15(18)12-20-17-10-13(2)5-6-14(17)3/h1,5-8,10-11,20H,9,12H2,2-3H3. The molecule has 0 saturated heterocycles. The van der Waals surface area contributed by atoms with Crippen molar-refractivity contribution in [3.8, 4) is 18.1 Å². The van der Waals surface area contributed by atoms with E-state index in [1.165, 1.54) is 11.1 Å². The zero-order valence-corrected chi connectivity index (χ0v) is 13.8. The molecule has 0 saturated carbocycles. The molecule has 0 fully saturated rings. The molecule has 0 unspecified atom stereocenters. The Morgan fingerprint density at radius 1 is 1.19 bits per heavy atom. The maximum absolute atomic E-state index is 5.59. The molecule has 0 aliphatic heterocycles. The van der Waals surface area contributed by atoms with E-state index in [2.05, 4.69) is 59.2 Å². The average molecular weight is 344 g/mol. The van der Waals surface area contributed by atoms with Crippen molar-refractivity contribution in [2.75, 3.05) is 11.9 Å². The van der Waals surface area contributed by atoms with Crippen LogP contribution in [-0.2, 0) is 6.54 Å². The van der Waals surface area contributed by atoms with E-state index in [9.17, 15) is 0 Å². The first kappa shape index (κ1) is 15.5. The van der Waals surface area contributed by atoms with Crippen LogP contribution in [-0.4, -0.2) is 6.61 Å². The summed E-state index contributed by atoms with van der Waals surface area (Å²) in [4.78, 5) is 0. The summed E-state index contributed by atoms with van der Waals surface area (Å²) in [6.45, 7) is 5.14. The van der Waals surface area contributed by atoms with Gasteiger partial charge in [0.15, 0.2) is 0 Å². The van der Waals surface area contributed by atoms with Crippen LogP contribution in [0.3, 0.4) is 0 Å². The summed E-state index contributed by atoms with van der Waals surface area (Å²) in [6, 6.07) is 12.3. The third-order valence-corrected chi connectivity index (χ3v) is 3.69. The Bertz CT molecular complexity index is 673. The summed E-state index contributed by atoms with van der Waals surface area (Å²) in [6.07, 6.45) is 5.26. The van der Waals surface area contributed by atoms with Crippen LogP contribution in [0.5, 0.6) is 5.75 Å². The van der Waals surface area contributed by atoms with Crippen LogP contribution >= 0.6 is 15.9 Å². The molecule has 1 N–H and O–H groups in total. The molecule has 3 heteroatoms. The lowest BCUT2D eigenvalue weighted by Crippen LogP contribution is -2.05. The predicted octanol–water partition coefficient (Wildman–Crippen LogP) is 4.69. The Morgan fingerprint density at radius 2 is 2.00 bits per heavy atom. The molecule has 0 heterocycles. The van der Waals surface area contributed by atoms with E-state index in [-0.39, 0.29) is 6.61 Å². The van der Waals surface area contributed by atoms with Crippen molar-refractivity contribution in [3.63, 3.8) is 0 Å². The van der Waals surface area contributed by atoms with Crippen LogP contribution in [0.15, 0.2) is 40.9 Å². The molecule has 21 heavy (non-hydrogen) atoms. The minimum absolute atomic E-state index is 0.276. The van der Waals surface area contributed by atoms with Gasteiger partial charge in [0, 0.05) is 22.3 Å². The second kappa shape index (κ2) is 7.19. The highest BCUT2D eigenvalue weighted by molar-refractivity contribution is 9.10. The molecular formula is C18H18BrNO. The second-order valence-corrected chi connectivity index (χ2v) is 5.83. The molecule has 0 aromatic heterocycles. The number of aryl methyl sites for hydroxylation is 2. The number of terminal acetylenes is 1. The van der Waals surface area contributed by atoms with Crippen LogP contribution in [0.2, 0.25) is 0 Å². The second-order valence-electron chi connectivity index (χ2n) is 4.92. The summed E-state index contributed by atoms with van der Waals surface area (Å²) in [7, 11) is 0. The van der Waals surface area contributed by atoms with Crippen LogP contribution < -0.4 is 10.1 Å². The monoisotopic (exact) mass is 343 g/mol. The molecule has 0 atom stereocenters. The lowest BCUT2D eigenvalue weighted by molar-refractivity contribution is 0.366. The van der Waals surface area contributed by atoms with E-state index in [1.54, 1.807) is 0 Å². The summed E-state index contributed by atoms with van der Waals surface area (Å²) >= 11 is 3.49. The molecule has 0 aliphatic carbocycles. The van der Waals surface area contributed by atoms with Crippen molar-refractivity contribution in [2.24, 2.45) is 0 Å². The van der Waals surface area contributed by atoms with Gasteiger partial charge in [0.2, 0.25) is 0 Å². The molecule has 0 aliphatic rings. The van der Waals surface area contributed by atoms with Crippen LogP contribution in [0, 0.1) is 26.2 Å². The quantitative estimate of drug-likeness (QED) is 0.795. The minimum atomic E-state index is 0.276. The van der Waals surface area contributed by atoms with E-state index < -0.39 is 0 Å². The van der Waals surface area contributed by atoms with Gasteiger partial charge in [-0.25, -0.2) is 0 Å². The molecule has 0 bridgehead atoms. The van der Waals surface area contributed by atoms with Gasteiger partial charge in [-0.1, -0.05) is 34.0 Å². The summed E-state index contributed by atoms with van der Waals surface area (Å²) in [5.41, 5.74) is 4.67. The van der Waals surface area contributed by atoms with Gasteiger partial charge in [-0.05, 0) is 49.2 Å². The SMILES string of the molecule is C#CCOc1ccc(Br)cc1CNc1cc(C)ccc1C. The summed E-state index contributed by atoms with van der Waals surface area (Å²) in [5, 5.41) is 3.46. The van der Waals surface area contributed by atoms with E-state index in [0.717, 1.165) is 21.5 Å². The fraction of sp³-hybridized carbons (Fsp3) is 0.222. The first-order chi connectivity index (χ1) is 10.1. The molecule has 2 aromatic carbocycles. The Hall–Kier alpha value is -1.92. The minimum Gasteiger partial charge on any atom is -0.481 e. The largest absolute Gasteiger partial charge is 0.481 e. The molecule has 0 radical (unpaired) electrons. The van der Waals surface area contributed by atoms with E-state index in [0.29, 0.717) is 6.54 Å². The molecular weight excluding hydrogens is 326 g/mol. The lowest BCUT2D eigenvalue weighted by Gasteiger charge is -2.14. The topological polar surface area (TPSA) is 21.3 Å². The van der Waals surface area contributed by atoms with Gasteiger partial charge in [0.1, 0.15) is 12.4 Å². The summed E-state index contributed by atoms with van der Waals surface area (Å²) in [5.74, 6) is 3.31.